The molecule has 15 heavy (non-hydrogen) atoms. The Morgan fingerprint density at radius 1 is 1.33 bits per heavy atom. The van der Waals surface area contributed by atoms with Gasteiger partial charge in [-0.1, -0.05) is 40.9 Å². The maximum Gasteiger partial charge on any atom is 0.129 e. The number of hydrogen-bond acceptors (Lipinski definition) is 0. The maximum absolute atomic E-state index is 13.4. The highest BCUT2D eigenvalue weighted by Crippen LogP contribution is 2.41. The van der Waals surface area contributed by atoms with Gasteiger partial charge >= 0.3 is 0 Å². The van der Waals surface area contributed by atoms with Crippen molar-refractivity contribution in [3.8, 4) is 0 Å². The first kappa shape index (κ1) is 11.1. The number of halogens is 2. The van der Waals surface area contributed by atoms with Crippen LogP contribution < -0.4 is 0 Å². The summed E-state index contributed by atoms with van der Waals surface area (Å²) in [5.74, 6) is 0.824. The quantitative estimate of drug-likeness (QED) is 0.700. The van der Waals surface area contributed by atoms with Gasteiger partial charge in [0.2, 0.25) is 0 Å². The lowest BCUT2D eigenvalue weighted by molar-refractivity contribution is 0.607. The average molecular weight is 271 g/mol. The molecular weight excluding hydrogens is 255 g/mol. The van der Waals surface area contributed by atoms with E-state index < -0.39 is 0 Å². The van der Waals surface area contributed by atoms with Crippen molar-refractivity contribution < 1.29 is 4.39 Å². The second-order valence-corrected chi connectivity index (χ2v) is 5.72. The zero-order valence-corrected chi connectivity index (χ0v) is 10.8. The van der Waals surface area contributed by atoms with E-state index in [2.05, 4.69) is 15.9 Å². The van der Waals surface area contributed by atoms with E-state index in [1.54, 1.807) is 0 Å². The molecule has 1 atom stereocenters. The van der Waals surface area contributed by atoms with Crippen molar-refractivity contribution in [1.29, 1.82) is 0 Å². The molecule has 1 aromatic carbocycles. The van der Waals surface area contributed by atoms with Crippen molar-refractivity contribution in [3.63, 3.8) is 0 Å². The second kappa shape index (κ2) is 4.25. The molecular formula is C13H16BrF. The van der Waals surface area contributed by atoms with E-state index in [4.69, 9.17) is 0 Å². The monoisotopic (exact) mass is 270 g/mol. The Morgan fingerprint density at radius 2 is 1.87 bits per heavy atom. The number of hydrogen-bond donors (Lipinski definition) is 0. The Morgan fingerprint density at radius 3 is 2.33 bits per heavy atom. The summed E-state index contributed by atoms with van der Waals surface area (Å²) in [6, 6.07) is 3.92. The third kappa shape index (κ3) is 2.60. The molecule has 0 radical (unpaired) electrons. The fourth-order valence-electron chi connectivity index (χ4n) is 1.94. The Kier molecular flexibility index (Phi) is 3.15. The van der Waals surface area contributed by atoms with Crippen LogP contribution in [0.5, 0.6) is 0 Å². The minimum atomic E-state index is -0.0649. The van der Waals surface area contributed by atoms with Crippen molar-refractivity contribution in [2.75, 3.05) is 0 Å². The predicted octanol–water partition coefficient (Wildman–Crippen LogP) is 4.68. The van der Waals surface area contributed by atoms with Gasteiger partial charge in [0.05, 0.1) is 0 Å². The van der Waals surface area contributed by atoms with E-state index in [0.717, 1.165) is 17.0 Å². The fraction of sp³-hybridized carbons (Fsp3) is 0.538. The molecule has 1 unspecified atom stereocenters. The highest BCUT2D eigenvalue weighted by molar-refractivity contribution is 9.09. The van der Waals surface area contributed by atoms with Crippen LogP contribution in [0.3, 0.4) is 0 Å². The molecule has 0 bridgehead atoms. The molecule has 2 heteroatoms. The van der Waals surface area contributed by atoms with Gasteiger partial charge in [0.1, 0.15) is 5.82 Å². The summed E-state index contributed by atoms with van der Waals surface area (Å²) < 4.78 is 13.4. The summed E-state index contributed by atoms with van der Waals surface area (Å²) >= 11 is 3.70. The molecule has 1 saturated carbocycles. The molecule has 82 valence electrons. The van der Waals surface area contributed by atoms with Gasteiger partial charge in [-0.15, -0.1) is 0 Å². The Balaban J connectivity index is 2.19. The minimum Gasteiger partial charge on any atom is -0.206 e. The van der Waals surface area contributed by atoms with Crippen LogP contribution in [0.2, 0.25) is 0 Å². The average Bonchev–Trinajstić information content (AvgIpc) is 2.97. The molecule has 0 aliphatic heterocycles. The van der Waals surface area contributed by atoms with Crippen molar-refractivity contribution in [2.45, 2.75) is 37.9 Å². The summed E-state index contributed by atoms with van der Waals surface area (Å²) in [5, 5.41) is 0. The third-order valence-electron chi connectivity index (χ3n) is 3.06. The topological polar surface area (TPSA) is 0 Å². The largest absolute Gasteiger partial charge is 0.206 e. The number of benzene rings is 1. The first-order valence-electron chi connectivity index (χ1n) is 5.48. The second-order valence-electron chi connectivity index (χ2n) is 4.62. The zero-order valence-electron chi connectivity index (χ0n) is 9.19. The first-order valence-corrected chi connectivity index (χ1v) is 6.40. The number of aryl methyl sites for hydroxylation is 2. The molecule has 1 aliphatic rings. The lowest BCUT2D eigenvalue weighted by Crippen LogP contribution is -1.96. The molecule has 0 amide bonds. The Bertz CT molecular complexity index is 346. The summed E-state index contributed by atoms with van der Waals surface area (Å²) in [4.78, 5) is 0.392. The van der Waals surface area contributed by atoms with Crippen LogP contribution in [-0.2, 0) is 0 Å². The standard InChI is InChI=1S/C13H16BrF/c1-8-5-11(6-9(2)13(8)15)12(14)7-10-3-4-10/h5-6,10,12H,3-4,7H2,1-2H3. The van der Waals surface area contributed by atoms with Crippen LogP contribution in [0.1, 0.15) is 40.8 Å². The molecule has 1 aliphatic carbocycles. The van der Waals surface area contributed by atoms with Gasteiger partial charge in [0.15, 0.2) is 0 Å². The summed E-state index contributed by atoms with van der Waals surface area (Å²) in [5.41, 5.74) is 2.73. The van der Waals surface area contributed by atoms with Gasteiger partial charge in [-0.25, -0.2) is 4.39 Å². The molecule has 0 spiro atoms. The summed E-state index contributed by atoms with van der Waals surface area (Å²) in [6.07, 6.45) is 3.91. The minimum absolute atomic E-state index is 0.0649. The summed E-state index contributed by atoms with van der Waals surface area (Å²) in [6.45, 7) is 3.67. The van der Waals surface area contributed by atoms with E-state index in [9.17, 15) is 4.39 Å². The Labute approximate surface area is 99.0 Å². The molecule has 2 rings (SSSR count). The van der Waals surface area contributed by atoms with E-state index in [1.807, 2.05) is 26.0 Å². The van der Waals surface area contributed by atoms with E-state index in [0.29, 0.717) is 4.83 Å². The number of rotatable bonds is 3. The highest BCUT2D eigenvalue weighted by Gasteiger charge is 2.25. The van der Waals surface area contributed by atoms with Crippen LogP contribution in [-0.4, -0.2) is 0 Å². The predicted molar refractivity (Wildman–Crippen MR) is 64.9 cm³/mol. The molecule has 1 fully saturated rings. The van der Waals surface area contributed by atoms with Crippen molar-refractivity contribution >= 4 is 15.9 Å². The normalized spacial score (nSPS) is 17.9. The van der Waals surface area contributed by atoms with Crippen molar-refractivity contribution in [3.05, 3.63) is 34.6 Å². The molecule has 0 nitrogen and oxygen atoms in total. The van der Waals surface area contributed by atoms with Gasteiger partial charge in [-0.3, -0.25) is 0 Å². The first-order chi connectivity index (χ1) is 7.08. The smallest absolute Gasteiger partial charge is 0.129 e. The van der Waals surface area contributed by atoms with Gasteiger partial charge in [0, 0.05) is 4.83 Å². The SMILES string of the molecule is Cc1cc(C(Br)CC2CC2)cc(C)c1F. The molecule has 0 saturated heterocycles. The molecule has 0 aromatic heterocycles. The highest BCUT2D eigenvalue weighted by atomic mass is 79.9. The van der Waals surface area contributed by atoms with Gasteiger partial charge in [0.25, 0.3) is 0 Å². The van der Waals surface area contributed by atoms with Crippen LogP contribution in [0.25, 0.3) is 0 Å². The van der Waals surface area contributed by atoms with E-state index in [1.165, 1.54) is 24.8 Å². The molecule has 1 aromatic rings. The van der Waals surface area contributed by atoms with Crippen LogP contribution >= 0.6 is 15.9 Å². The third-order valence-corrected chi connectivity index (χ3v) is 3.96. The fourth-order valence-corrected chi connectivity index (χ4v) is 2.74. The lowest BCUT2D eigenvalue weighted by Gasteiger charge is -2.12. The van der Waals surface area contributed by atoms with Crippen LogP contribution in [0.4, 0.5) is 4.39 Å². The molecule has 0 heterocycles. The lowest BCUT2D eigenvalue weighted by atomic mass is 10.0. The van der Waals surface area contributed by atoms with E-state index >= 15 is 0 Å². The van der Waals surface area contributed by atoms with Gasteiger partial charge < -0.3 is 0 Å². The van der Waals surface area contributed by atoms with Crippen LogP contribution in [0, 0.1) is 25.6 Å². The maximum atomic E-state index is 13.4. The van der Waals surface area contributed by atoms with Crippen molar-refractivity contribution in [1.82, 2.24) is 0 Å². The molecule has 0 N–H and O–H groups in total. The summed E-state index contributed by atoms with van der Waals surface area (Å²) in [7, 11) is 0. The zero-order chi connectivity index (χ0) is 11.0. The van der Waals surface area contributed by atoms with Gasteiger partial charge in [-0.05, 0) is 42.9 Å². The van der Waals surface area contributed by atoms with Crippen LogP contribution in [0.15, 0.2) is 12.1 Å². The van der Waals surface area contributed by atoms with Gasteiger partial charge in [-0.2, -0.15) is 0 Å². The van der Waals surface area contributed by atoms with Crippen molar-refractivity contribution in [2.24, 2.45) is 5.92 Å². The number of alkyl halides is 1. The van der Waals surface area contributed by atoms with E-state index in [-0.39, 0.29) is 5.82 Å². The Hall–Kier alpha value is -0.370.